The van der Waals surface area contributed by atoms with Crippen molar-refractivity contribution in [3.8, 4) is 0 Å². The molecule has 0 fully saturated rings. The lowest BCUT2D eigenvalue weighted by Gasteiger charge is -2.19. The molecule has 1 heterocycles. The smallest absolute Gasteiger partial charge is 0.136 e. The molecule has 0 bridgehead atoms. The summed E-state index contributed by atoms with van der Waals surface area (Å²) in [4.78, 5) is 11.3. The van der Waals surface area contributed by atoms with Crippen LogP contribution < -0.4 is 0 Å². The van der Waals surface area contributed by atoms with E-state index in [2.05, 4.69) is 49.5 Å². The first-order chi connectivity index (χ1) is 8.86. The van der Waals surface area contributed by atoms with Crippen molar-refractivity contribution in [2.75, 3.05) is 25.4 Å². The van der Waals surface area contributed by atoms with E-state index in [1.54, 1.807) is 11.8 Å². The Balaban J connectivity index is 2.66. The van der Waals surface area contributed by atoms with Gasteiger partial charge in [-0.1, -0.05) is 46.2 Å². The van der Waals surface area contributed by atoms with Crippen LogP contribution in [0.25, 0.3) is 0 Å². The molecule has 1 aromatic rings. The molecule has 0 saturated carbocycles. The predicted octanol–water partition coefficient (Wildman–Crippen LogP) is 3.86. The van der Waals surface area contributed by atoms with Gasteiger partial charge in [0.15, 0.2) is 0 Å². The van der Waals surface area contributed by atoms with Crippen molar-refractivity contribution >= 4 is 23.4 Å². The van der Waals surface area contributed by atoms with Gasteiger partial charge in [-0.05, 0) is 13.1 Å². The highest BCUT2D eigenvalue weighted by Gasteiger charge is 2.18. The number of hydrogen-bond acceptors (Lipinski definition) is 4. The van der Waals surface area contributed by atoms with Crippen molar-refractivity contribution in [1.82, 2.24) is 14.9 Å². The van der Waals surface area contributed by atoms with Crippen molar-refractivity contribution < 1.29 is 0 Å². The Morgan fingerprint density at radius 2 is 1.84 bits per heavy atom. The van der Waals surface area contributed by atoms with Gasteiger partial charge in [0.1, 0.15) is 16.0 Å². The van der Waals surface area contributed by atoms with E-state index in [4.69, 9.17) is 11.6 Å². The van der Waals surface area contributed by atoms with Crippen LogP contribution in [0.5, 0.6) is 0 Å². The average molecular weight is 302 g/mol. The third-order valence-corrected chi connectivity index (χ3v) is 3.98. The van der Waals surface area contributed by atoms with Crippen molar-refractivity contribution in [3.63, 3.8) is 0 Å². The Hall–Kier alpha value is -0.320. The Bertz CT molecular complexity index is 400. The molecule has 0 atom stereocenters. The van der Waals surface area contributed by atoms with E-state index in [9.17, 15) is 0 Å². The third kappa shape index (κ3) is 5.67. The van der Waals surface area contributed by atoms with Crippen LogP contribution in [0.15, 0.2) is 11.1 Å². The van der Waals surface area contributed by atoms with Gasteiger partial charge in [0.25, 0.3) is 0 Å². The molecule has 108 valence electrons. The number of nitrogens with zero attached hydrogens (tertiary/aromatic N) is 3. The third-order valence-electron chi connectivity index (χ3n) is 2.89. The molecule has 0 aliphatic carbocycles. The SMILES string of the molecule is CCN(CC)CCSc1cc(Cl)nc(C(C)(C)C)n1. The van der Waals surface area contributed by atoms with Gasteiger partial charge >= 0.3 is 0 Å². The summed E-state index contributed by atoms with van der Waals surface area (Å²) in [7, 11) is 0. The predicted molar refractivity (Wildman–Crippen MR) is 84.3 cm³/mol. The highest BCUT2D eigenvalue weighted by molar-refractivity contribution is 7.99. The van der Waals surface area contributed by atoms with Crippen LogP contribution in [0.3, 0.4) is 0 Å². The van der Waals surface area contributed by atoms with E-state index in [1.165, 1.54) is 0 Å². The van der Waals surface area contributed by atoms with Crippen LogP contribution >= 0.6 is 23.4 Å². The second-order valence-electron chi connectivity index (χ2n) is 5.48. The zero-order chi connectivity index (χ0) is 14.5. The van der Waals surface area contributed by atoms with Crippen LogP contribution in [0, 0.1) is 0 Å². The highest BCUT2D eigenvalue weighted by atomic mass is 35.5. The first-order valence-corrected chi connectivity index (χ1v) is 8.13. The molecular weight excluding hydrogens is 278 g/mol. The van der Waals surface area contributed by atoms with Gasteiger partial charge in [-0.15, -0.1) is 11.8 Å². The number of halogens is 1. The quantitative estimate of drug-likeness (QED) is 0.589. The van der Waals surface area contributed by atoms with Crippen molar-refractivity contribution in [2.24, 2.45) is 0 Å². The topological polar surface area (TPSA) is 29.0 Å². The maximum absolute atomic E-state index is 6.08. The Labute approximate surface area is 126 Å². The van der Waals surface area contributed by atoms with E-state index in [0.29, 0.717) is 5.15 Å². The fraction of sp³-hybridized carbons (Fsp3) is 0.714. The minimum absolute atomic E-state index is 0.0704. The van der Waals surface area contributed by atoms with Gasteiger partial charge in [0.2, 0.25) is 0 Å². The summed E-state index contributed by atoms with van der Waals surface area (Å²) in [6, 6.07) is 1.85. The lowest BCUT2D eigenvalue weighted by atomic mass is 9.96. The summed E-state index contributed by atoms with van der Waals surface area (Å²) in [5, 5.41) is 1.50. The molecule has 1 aromatic heterocycles. The summed E-state index contributed by atoms with van der Waals surface area (Å²) in [6.45, 7) is 13.9. The maximum atomic E-state index is 6.08. The molecule has 0 spiro atoms. The average Bonchev–Trinajstić information content (AvgIpc) is 2.33. The van der Waals surface area contributed by atoms with Gasteiger partial charge < -0.3 is 4.90 Å². The Kier molecular flexibility index (Phi) is 6.57. The molecule has 3 nitrogen and oxygen atoms in total. The molecule has 0 amide bonds. The van der Waals surface area contributed by atoms with Crippen LogP contribution in [0.2, 0.25) is 5.15 Å². The standard InChI is InChI=1S/C14H24ClN3S/c1-6-18(7-2)8-9-19-12-10-11(15)16-13(17-12)14(3,4)5/h10H,6-9H2,1-5H3. The largest absolute Gasteiger partial charge is 0.303 e. The molecule has 0 unspecified atom stereocenters. The molecule has 0 aliphatic rings. The first kappa shape index (κ1) is 16.7. The van der Waals surface area contributed by atoms with Gasteiger partial charge in [-0.3, -0.25) is 0 Å². The molecule has 19 heavy (non-hydrogen) atoms. The van der Waals surface area contributed by atoms with Crippen molar-refractivity contribution in [3.05, 3.63) is 17.0 Å². The molecular formula is C14H24ClN3S. The monoisotopic (exact) mass is 301 g/mol. The lowest BCUT2D eigenvalue weighted by molar-refractivity contribution is 0.324. The van der Waals surface area contributed by atoms with Crippen LogP contribution in [-0.4, -0.2) is 40.3 Å². The van der Waals surface area contributed by atoms with E-state index < -0.39 is 0 Å². The molecule has 0 radical (unpaired) electrons. The first-order valence-electron chi connectivity index (χ1n) is 6.77. The normalized spacial score (nSPS) is 12.2. The van der Waals surface area contributed by atoms with Gasteiger partial charge in [0, 0.05) is 23.8 Å². The Morgan fingerprint density at radius 3 is 2.37 bits per heavy atom. The Morgan fingerprint density at radius 1 is 1.21 bits per heavy atom. The van der Waals surface area contributed by atoms with Gasteiger partial charge in [-0.25, -0.2) is 9.97 Å². The zero-order valence-corrected chi connectivity index (χ0v) is 14.1. The molecule has 1 rings (SSSR count). The van der Waals surface area contributed by atoms with Crippen LogP contribution in [-0.2, 0) is 5.41 Å². The van der Waals surface area contributed by atoms with Crippen LogP contribution in [0.1, 0.15) is 40.4 Å². The molecule has 0 aromatic carbocycles. The summed E-state index contributed by atoms with van der Waals surface area (Å²) in [6.07, 6.45) is 0. The van der Waals surface area contributed by atoms with E-state index in [0.717, 1.165) is 36.2 Å². The van der Waals surface area contributed by atoms with Crippen molar-refractivity contribution in [1.29, 1.82) is 0 Å². The number of thioether (sulfide) groups is 1. The van der Waals surface area contributed by atoms with Gasteiger partial charge in [0.05, 0.1) is 0 Å². The molecule has 0 saturated heterocycles. The number of rotatable bonds is 6. The fourth-order valence-electron chi connectivity index (χ4n) is 1.63. The number of aromatic nitrogens is 2. The molecule has 0 N–H and O–H groups in total. The number of hydrogen-bond donors (Lipinski definition) is 0. The fourth-order valence-corrected chi connectivity index (χ4v) is 2.78. The molecule has 0 aliphatic heterocycles. The van der Waals surface area contributed by atoms with Crippen molar-refractivity contribution in [2.45, 2.75) is 45.1 Å². The van der Waals surface area contributed by atoms with E-state index >= 15 is 0 Å². The second kappa shape index (κ2) is 7.46. The van der Waals surface area contributed by atoms with E-state index in [-0.39, 0.29) is 5.41 Å². The lowest BCUT2D eigenvalue weighted by Crippen LogP contribution is -2.25. The summed E-state index contributed by atoms with van der Waals surface area (Å²) < 4.78 is 0. The zero-order valence-electron chi connectivity index (χ0n) is 12.5. The minimum Gasteiger partial charge on any atom is -0.303 e. The summed E-state index contributed by atoms with van der Waals surface area (Å²) in [5.41, 5.74) is -0.0704. The summed E-state index contributed by atoms with van der Waals surface area (Å²) in [5.74, 6) is 1.84. The second-order valence-corrected chi connectivity index (χ2v) is 6.98. The van der Waals surface area contributed by atoms with Crippen LogP contribution in [0.4, 0.5) is 0 Å². The maximum Gasteiger partial charge on any atom is 0.136 e. The molecule has 5 heteroatoms. The summed E-state index contributed by atoms with van der Waals surface area (Å²) >= 11 is 7.82. The van der Waals surface area contributed by atoms with Gasteiger partial charge in [-0.2, -0.15) is 0 Å². The highest BCUT2D eigenvalue weighted by Crippen LogP contribution is 2.24. The minimum atomic E-state index is -0.0704. The van der Waals surface area contributed by atoms with E-state index in [1.807, 2.05) is 6.07 Å².